The minimum Gasteiger partial charge on any atom is -0.355 e. The number of carbonyl (C=O) groups excluding carboxylic acids is 1. The quantitative estimate of drug-likeness (QED) is 0.793. The average Bonchev–Trinajstić information content (AvgIpc) is 2.43. The van der Waals surface area contributed by atoms with Gasteiger partial charge in [-0.25, -0.2) is 0 Å². The summed E-state index contributed by atoms with van der Waals surface area (Å²) < 4.78 is 0. The van der Waals surface area contributed by atoms with Gasteiger partial charge in [0.2, 0.25) is 5.91 Å². The van der Waals surface area contributed by atoms with Crippen LogP contribution >= 0.6 is 11.8 Å². The lowest BCUT2D eigenvalue weighted by molar-refractivity contribution is -0.122. The second kappa shape index (κ2) is 8.12. The van der Waals surface area contributed by atoms with Gasteiger partial charge in [-0.1, -0.05) is 12.8 Å². The number of nitrogens with zero attached hydrogens (tertiary/aromatic N) is 1. The summed E-state index contributed by atoms with van der Waals surface area (Å²) in [5.74, 6) is 3.05. The van der Waals surface area contributed by atoms with Crippen molar-refractivity contribution in [3.05, 3.63) is 0 Å². The van der Waals surface area contributed by atoms with Crippen molar-refractivity contribution in [1.29, 1.82) is 0 Å². The van der Waals surface area contributed by atoms with Gasteiger partial charge < -0.3 is 11.1 Å². The maximum Gasteiger partial charge on any atom is 0.220 e. The molecular formula is C14H27N3OS. The van der Waals surface area contributed by atoms with Crippen molar-refractivity contribution in [2.75, 3.05) is 37.7 Å². The van der Waals surface area contributed by atoms with E-state index in [9.17, 15) is 4.79 Å². The summed E-state index contributed by atoms with van der Waals surface area (Å²) >= 11 is 2.02. The fraction of sp³-hybridized carbons (Fsp3) is 0.929. The minimum atomic E-state index is 0.189. The van der Waals surface area contributed by atoms with E-state index >= 15 is 0 Å². The van der Waals surface area contributed by atoms with Crippen molar-refractivity contribution in [1.82, 2.24) is 10.2 Å². The van der Waals surface area contributed by atoms with Crippen LogP contribution in [0.3, 0.4) is 0 Å². The van der Waals surface area contributed by atoms with Crippen molar-refractivity contribution < 1.29 is 4.79 Å². The summed E-state index contributed by atoms with van der Waals surface area (Å²) in [6, 6.07) is 0.235. The zero-order chi connectivity index (χ0) is 13.5. The summed E-state index contributed by atoms with van der Waals surface area (Å²) in [4.78, 5) is 14.3. The Labute approximate surface area is 120 Å². The predicted molar refractivity (Wildman–Crippen MR) is 81.3 cm³/mol. The minimum absolute atomic E-state index is 0.189. The van der Waals surface area contributed by atoms with Crippen LogP contribution in [0.1, 0.15) is 32.1 Å². The van der Waals surface area contributed by atoms with Gasteiger partial charge in [-0.2, -0.15) is 11.8 Å². The molecule has 1 amide bonds. The molecule has 1 heterocycles. The molecule has 2 fully saturated rings. The maximum atomic E-state index is 11.9. The topological polar surface area (TPSA) is 58.4 Å². The molecule has 1 saturated carbocycles. The van der Waals surface area contributed by atoms with Crippen molar-refractivity contribution in [3.8, 4) is 0 Å². The predicted octanol–water partition coefficient (Wildman–Crippen LogP) is 1.06. The van der Waals surface area contributed by atoms with E-state index in [1.165, 1.54) is 24.3 Å². The highest BCUT2D eigenvalue weighted by Crippen LogP contribution is 2.25. The fourth-order valence-electron chi connectivity index (χ4n) is 2.98. The maximum absolute atomic E-state index is 11.9. The summed E-state index contributed by atoms with van der Waals surface area (Å²) in [7, 11) is 0. The van der Waals surface area contributed by atoms with Crippen LogP contribution in [0.15, 0.2) is 0 Å². The molecule has 0 aromatic heterocycles. The second-order valence-corrected chi connectivity index (χ2v) is 6.94. The van der Waals surface area contributed by atoms with E-state index in [1.54, 1.807) is 0 Å². The number of nitrogens with one attached hydrogen (secondary N) is 1. The molecule has 1 aliphatic heterocycles. The van der Waals surface area contributed by atoms with Crippen molar-refractivity contribution in [3.63, 3.8) is 0 Å². The normalized spacial score (nSPS) is 29.1. The van der Waals surface area contributed by atoms with Crippen LogP contribution in [0.25, 0.3) is 0 Å². The highest BCUT2D eigenvalue weighted by atomic mass is 32.2. The third-order valence-electron chi connectivity index (χ3n) is 4.27. The monoisotopic (exact) mass is 285 g/mol. The van der Waals surface area contributed by atoms with E-state index in [4.69, 9.17) is 5.73 Å². The SMILES string of the molecule is NC1CCCCC1CC(=O)NCCN1CCSCC1. The van der Waals surface area contributed by atoms with Gasteiger partial charge in [-0.05, 0) is 18.8 Å². The zero-order valence-corrected chi connectivity index (χ0v) is 12.6. The molecule has 0 radical (unpaired) electrons. The summed E-state index contributed by atoms with van der Waals surface area (Å²) in [5, 5.41) is 3.05. The molecule has 0 aromatic rings. The highest BCUT2D eigenvalue weighted by Gasteiger charge is 2.24. The molecule has 0 bridgehead atoms. The summed E-state index contributed by atoms with van der Waals surface area (Å²) in [6.45, 7) is 4.09. The van der Waals surface area contributed by atoms with Gasteiger partial charge in [0.1, 0.15) is 0 Å². The molecule has 0 aromatic carbocycles. The molecule has 5 heteroatoms. The number of amides is 1. The Kier molecular flexibility index (Phi) is 6.47. The van der Waals surface area contributed by atoms with Crippen LogP contribution in [0.4, 0.5) is 0 Å². The first-order chi connectivity index (χ1) is 9.25. The number of carbonyl (C=O) groups is 1. The first-order valence-electron chi connectivity index (χ1n) is 7.58. The zero-order valence-electron chi connectivity index (χ0n) is 11.8. The molecule has 2 atom stereocenters. The standard InChI is InChI=1S/C14H27N3OS/c15-13-4-2-1-3-12(13)11-14(18)16-5-6-17-7-9-19-10-8-17/h12-13H,1-11,15H2,(H,16,18). The van der Waals surface area contributed by atoms with Gasteiger partial charge in [0, 0.05) is 50.1 Å². The number of hydrogen-bond donors (Lipinski definition) is 2. The van der Waals surface area contributed by atoms with Crippen molar-refractivity contribution in [2.45, 2.75) is 38.1 Å². The number of thioether (sulfide) groups is 1. The van der Waals surface area contributed by atoms with Crippen LogP contribution in [0, 0.1) is 5.92 Å². The molecule has 2 rings (SSSR count). The van der Waals surface area contributed by atoms with E-state index in [-0.39, 0.29) is 11.9 Å². The summed E-state index contributed by atoms with van der Waals surface area (Å²) in [6.07, 6.45) is 5.29. The third-order valence-corrected chi connectivity index (χ3v) is 5.21. The number of nitrogens with two attached hydrogens (primary N) is 1. The Morgan fingerprint density at radius 2 is 2.00 bits per heavy atom. The second-order valence-electron chi connectivity index (χ2n) is 5.72. The lowest BCUT2D eigenvalue weighted by Crippen LogP contribution is -2.41. The van der Waals surface area contributed by atoms with Crippen LogP contribution in [0.2, 0.25) is 0 Å². The molecule has 110 valence electrons. The lowest BCUT2D eigenvalue weighted by Gasteiger charge is -2.28. The van der Waals surface area contributed by atoms with Crippen molar-refractivity contribution in [2.24, 2.45) is 11.7 Å². The Morgan fingerprint density at radius 3 is 2.74 bits per heavy atom. The van der Waals surface area contributed by atoms with Gasteiger partial charge in [0.25, 0.3) is 0 Å². The van der Waals surface area contributed by atoms with E-state index in [0.29, 0.717) is 12.3 Å². The molecule has 0 spiro atoms. The Morgan fingerprint density at radius 1 is 1.26 bits per heavy atom. The first-order valence-corrected chi connectivity index (χ1v) is 8.73. The van der Waals surface area contributed by atoms with Gasteiger partial charge >= 0.3 is 0 Å². The van der Waals surface area contributed by atoms with Crippen LogP contribution in [0.5, 0.6) is 0 Å². The molecule has 3 N–H and O–H groups in total. The highest BCUT2D eigenvalue weighted by molar-refractivity contribution is 7.99. The van der Waals surface area contributed by atoms with Crippen LogP contribution in [-0.4, -0.2) is 54.5 Å². The van der Waals surface area contributed by atoms with Crippen molar-refractivity contribution >= 4 is 17.7 Å². The Bertz CT molecular complexity index is 282. The van der Waals surface area contributed by atoms with E-state index in [2.05, 4.69) is 10.2 Å². The van der Waals surface area contributed by atoms with Gasteiger partial charge in [0.05, 0.1) is 0 Å². The van der Waals surface area contributed by atoms with Crippen LogP contribution < -0.4 is 11.1 Å². The Hall–Kier alpha value is -0.260. The van der Waals surface area contributed by atoms with Gasteiger partial charge in [-0.15, -0.1) is 0 Å². The first kappa shape index (κ1) is 15.1. The van der Waals surface area contributed by atoms with Gasteiger partial charge in [-0.3, -0.25) is 9.69 Å². The molecular weight excluding hydrogens is 258 g/mol. The molecule has 19 heavy (non-hydrogen) atoms. The van der Waals surface area contributed by atoms with E-state index in [0.717, 1.165) is 39.0 Å². The lowest BCUT2D eigenvalue weighted by atomic mass is 9.83. The molecule has 2 aliphatic rings. The number of rotatable bonds is 5. The Balaban J connectivity index is 1.58. The largest absolute Gasteiger partial charge is 0.355 e. The third kappa shape index (κ3) is 5.32. The molecule has 1 aliphatic carbocycles. The average molecular weight is 285 g/mol. The van der Waals surface area contributed by atoms with Crippen LogP contribution in [-0.2, 0) is 4.79 Å². The van der Waals surface area contributed by atoms with E-state index < -0.39 is 0 Å². The molecule has 2 unspecified atom stereocenters. The van der Waals surface area contributed by atoms with E-state index in [1.807, 2.05) is 11.8 Å². The summed E-state index contributed by atoms with van der Waals surface area (Å²) in [5.41, 5.74) is 6.08. The number of hydrogen-bond acceptors (Lipinski definition) is 4. The fourth-order valence-corrected chi connectivity index (χ4v) is 3.96. The molecule has 4 nitrogen and oxygen atoms in total. The smallest absolute Gasteiger partial charge is 0.220 e. The van der Waals surface area contributed by atoms with Gasteiger partial charge in [0.15, 0.2) is 0 Å². The molecule has 1 saturated heterocycles.